The van der Waals surface area contributed by atoms with E-state index in [2.05, 4.69) is 9.97 Å². The van der Waals surface area contributed by atoms with Crippen LogP contribution in [-0.4, -0.2) is 34.4 Å². The van der Waals surface area contributed by atoms with Gasteiger partial charge in [-0.15, -0.1) is 0 Å². The highest BCUT2D eigenvalue weighted by atomic mass is 35.5. The first-order valence-electron chi connectivity index (χ1n) is 6.04. The van der Waals surface area contributed by atoms with Gasteiger partial charge in [-0.25, -0.2) is 4.98 Å². The Morgan fingerprint density at radius 3 is 2.80 bits per heavy atom. The lowest BCUT2D eigenvalue weighted by molar-refractivity contribution is 0.0796. The molecule has 2 aromatic rings. The van der Waals surface area contributed by atoms with Gasteiger partial charge < -0.3 is 4.90 Å². The molecule has 6 heteroatoms. The molecule has 20 heavy (non-hydrogen) atoms. The summed E-state index contributed by atoms with van der Waals surface area (Å²) >= 11 is 11.8. The van der Waals surface area contributed by atoms with Crippen LogP contribution in [0.25, 0.3) is 0 Å². The number of amides is 1. The molecule has 0 aromatic carbocycles. The molecule has 0 N–H and O–H groups in total. The molecule has 0 fully saturated rings. The summed E-state index contributed by atoms with van der Waals surface area (Å²) in [6, 6.07) is 7.18. The molecule has 0 unspecified atom stereocenters. The molecular formula is C14H13Cl2N3O. The monoisotopic (exact) mass is 309 g/mol. The molecule has 0 saturated carbocycles. The Labute approximate surface area is 127 Å². The first kappa shape index (κ1) is 14.8. The molecule has 0 saturated heterocycles. The minimum Gasteiger partial charge on any atom is -0.341 e. The van der Waals surface area contributed by atoms with E-state index < -0.39 is 0 Å². The second kappa shape index (κ2) is 6.68. The minimum atomic E-state index is -0.185. The third kappa shape index (κ3) is 3.68. The van der Waals surface area contributed by atoms with E-state index in [-0.39, 0.29) is 11.1 Å². The van der Waals surface area contributed by atoms with Crippen molar-refractivity contribution in [3.05, 3.63) is 58.1 Å². The van der Waals surface area contributed by atoms with Gasteiger partial charge in [0.25, 0.3) is 5.91 Å². The van der Waals surface area contributed by atoms with Crippen LogP contribution in [0.2, 0.25) is 10.2 Å². The summed E-state index contributed by atoms with van der Waals surface area (Å²) in [5.74, 6) is -0.185. The lowest BCUT2D eigenvalue weighted by Gasteiger charge is -2.17. The van der Waals surface area contributed by atoms with Gasteiger partial charge in [-0.1, -0.05) is 29.3 Å². The fourth-order valence-electron chi connectivity index (χ4n) is 1.71. The summed E-state index contributed by atoms with van der Waals surface area (Å²) in [7, 11) is 1.72. The van der Waals surface area contributed by atoms with E-state index in [1.54, 1.807) is 18.1 Å². The fraction of sp³-hybridized carbons (Fsp3) is 0.214. The van der Waals surface area contributed by atoms with Crippen molar-refractivity contribution in [1.29, 1.82) is 0 Å². The number of pyridine rings is 2. The molecule has 4 nitrogen and oxygen atoms in total. The van der Waals surface area contributed by atoms with E-state index in [1.807, 2.05) is 18.2 Å². The van der Waals surface area contributed by atoms with Gasteiger partial charge in [0, 0.05) is 38.1 Å². The first-order valence-corrected chi connectivity index (χ1v) is 6.80. The molecule has 104 valence electrons. The van der Waals surface area contributed by atoms with Crippen LogP contribution >= 0.6 is 23.2 Å². The number of hydrogen-bond donors (Lipinski definition) is 0. The zero-order valence-corrected chi connectivity index (χ0v) is 12.4. The smallest absolute Gasteiger partial charge is 0.255 e. The molecule has 1 amide bonds. The molecule has 2 heterocycles. The van der Waals surface area contributed by atoms with Crippen LogP contribution in [0.15, 0.2) is 36.7 Å². The highest BCUT2D eigenvalue weighted by Crippen LogP contribution is 2.19. The zero-order chi connectivity index (χ0) is 14.5. The maximum absolute atomic E-state index is 12.3. The van der Waals surface area contributed by atoms with Crippen molar-refractivity contribution in [3.63, 3.8) is 0 Å². The fourth-order valence-corrected chi connectivity index (χ4v) is 2.05. The van der Waals surface area contributed by atoms with Crippen molar-refractivity contribution >= 4 is 29.1 Å². The minimum absolute atomic E-state index is 0.185. The van der Waals surface area contributed by atoms with Gasteiger partial charge in [0.15, 0.2) is 0 Å². The lowest BCUT2D eigenvalue weighted by Crippen LogP contribution is -2.29. The quantitative estimate of drug-likeness (QED) is 0.815. The van der Waals surface area contributed by atoms with Crippen LogP contribution in [0.3, 0.4) is 0 Å². The van der Waals surface area contributed by atoms with Crippen molar-refractivity contribution in [2.45, 2.75) is 6.42 Å². The van der Waals surface area contributed by atoms with E-state index in [0.717, 1.165) is 5.69 Å². The van der Waals surface area contributed by atoms with Crippen molar-refractivity contribution in [2.24, 2.45) is 0 Å². The Bertz CT molecular complexity index is 605. The second-order valence-electron chi connectivity index (χ2n) is 4.28. The summed E-state index contributed by atoms with van der Waals surface area (Å²) in [5, 5.41) is 0.542. The topological polar surface area (TPSA) is 46.1 Å². The predicted molar refractivity (Wildman–Crippen MR) is 79.2 cm³/mol. The third-order valence-corrected chi connectivity index (χ3v) is 3.34. The summed E-state index contributed by atoms with van der Waals surface area (Å²) in [6.45, 7) is 0.548. The van der Waals surface area contributed by atoms with Crippen molar-refractivity contribution in [2.75, 3.05) is 13.6 Å². The molecule has 0 aliphatic heterocycles. The van der Waals surface area contributed by atoms with Crippen molar-refractivity contribution < 1.29 is 4.79 Å². The van der Waals surface area contributed by atoms with Crippen molar-refractivity contribution in [3.8, 4) is 0 Å². The molecule has 0 bridgehead atoms. The largest absolute Gasteiger partial charge is 0.341 e. The second-order valence-corrected chi connectivity index (χ2v) is 5.08. The normalized spacial score (nSPS) is 10.3. The number of aromatic nitrogens is 2. The van der Waals surface area contributed by atoms with E-state index in [0.29, 0.717) is 23.6 Å². The third-order valence-electron chi connectivity index (χ3n) is 2.83. The first-order chi connectivity index (χ1) is 9.58. The van der Waals surface area contributed by atoms with E-state index in [4.69, 9.17) is 23.2 Å². The molecular weight excluding hydrogens is 297 g/mol. The molecule has 2 aromatic heterocycles. The van der Waals surface area contributed by atoms with Gasteiger partial charge in [-0.3, -0.25) is 9.78 Å². The maximum Gasteiger partial charge on any atom is 0.255 e. The Kier molecular flexibility index (Phi) is 4.93. The average Bonchev–Trinajstić information content (AvgIpc) is 2.47. The Morgan fingerprint density at radius 2 is 2.10 bits per heavy atom. The van der Waals surface area contributed by atoms with Gasteiger partial charge in [0.05, 0.1) is 10.6 Å². The SMILES string of the molecule is CN(CCc1ccccn1)C(=O)c1cc(Cl)ncc1Cl. The standard InChI is InChI=1S/C14H13Cl2N3O/c1-19(7-5-10-4-2-3-6-17-10)14(20)11-8-13(16)18-9-12(11)15/h2-4,6,8-9H,5,7H2,1H3. The van der Waals surface area contributed by atoms with Crippen LogP contribution in [-0.2, 0) is 6.42 Å². The molecule has 0 atom stereocenters. The maximum atomic E-state index is 12.3. The number of likely N-dealkylation sites (N-methyl/N-ethyl adjacent to an activating group) is 1. The average molecular weight is 310 g/mol. The predicted octanol–water partition coefficient (Wildman–Crippen LogP) is 3.10. The van der Waals surface area contributed by atoms with Crippen LogP contribution in [0, 0.1) is 0 Å². The summed E-state index contributed by atoms with van der Waals surface area (Å²) < 4.78 is 0. The molecule has 0 aliphatic carbocycles. The van der Waals surface area contributed by atoms with Crippen LogP contribution in [0.4, 0.5) is 0 Å². The van der Waals surface area contributed by atoms with Gasteiger partial charge >= 0.3 is 0 Å². The number of carbonyl (C=O) groups excluding carboxylic acids is 1. The summed E-state index contributed by atoms with van der Waals surface area (Å²) in [5.41, 5.74) is 1.29. The van der Waals surface area contributed by atoms with Crippen molar-refractivity contribution in [1.82, 2.24) is 14.9 Å². The zero-order valence-electron chi connectivity index (χ0n) is 10.9. The van der Waals surface area contributed by atoms with Crippen LogP contribution < -0.4 is 0 Å². The molecule has 0 radical (unpaired) electrons. The highest BCUT2D eigenvalue weighted by Gasteiger charge is 2.16. The van der Waals surface area contributed by atoms with E-state index >= 15 is 0 Å². The number of carbonyl (C=O) groups is 1. The number of rotatable bonds is 4. The van der Waals surface area contributed by atoms with Gasteiger partial charge in [-0.05, 0) is 18.2 Å². The Hall–Kier alpha value is -1.65. The molecule has 2 rings (SSSR count). The van der Waals surface area contributed by atoms with Gasteiger partial charge in [0.2, 0.25) is 0 Å². The number of halogens is 2. The van der Waals surface area contributed by atoms with Crippen LogP contribution in [0.1, 0.15) is 16.1 Å². The van der Waals surface area contributed by atoms with Crippen LogP contribution in [0.5, 0.6) is 0 Å². The Morgan fingerprint density at radius 1 is 1.30 bits per heavy atom. The Balaban J connectivity index is 2.03. The number of hydrogen-bond acceptors (Lipinski definition) is 3. The number of nitrogens with zero attached hydrogens (tertiary/aromatic N) is 3. The molecule has 0 spiro atoms. The van der Waals surface area contributed by atoms with E-state index in [1.165, 1.54) is 12.3 Å². The lowest BCUT2D eigenvalue weighted by atomic mass is 10.2. The van der Waals surface area contributed by atoms with Gasteiger partial charge in [-0.2, -0.15) is 0 Å². The van der Waals surface area contributed by atoms with E-state index in [9.17, 15) is 4.79 Å². The summed E-state index contributed by atoms with van der Waals surface area (Å²) in [6.07, 6.45) is 3.79. The highest BCUT2D eigenvalue weighted by molar-refractivity contribution is 6.35. The van der Waals surface area contributed by atoms with Gasteiger partial charge in [0.1, 0.15) is 5.15 Å². The molecule has 0 aliphatic rings. The summed E-state index contributed by atoms with van der Waals surface area (Å²) in [4.78, 5) is 21.9.